The predicted octanol–water partition coefficient (Wildman–Crippen LogP) is 15.8. The van der Waals surface area contributed by atoms with E-state index in [0.29, 0.717) is 62.5 Å². The maximum Gasteiger partial charge on any atom is 0.311 e. The molecule has 16 rings (SSSR count). The van der Waals surface area contributed by atoms with E-state index in [1.165, 1.54) is 105 Å². The largest absolute Gasteiger partial charge is 0.439 e. The van der Waals surface area contributed by atoms with E-state index >= 15 is 0 Å². The third kappa shape index (κ3) is 33.9. The normalized spacial score (nSPS) is 10.2. The second-order valence-corrected chi connectivity index (χ2v) is 28.5. The molecule has 66 heteroatoms. The van der Waals surface area contributed by atoms with Gasteiger partial charge in [0.05, 0.1) is 157 Å². The number of nitrogens with one attached hydrogen (secondary N) is 8. The fraction of sp³-hybridized carbons (Fsp3) is 0. The van der Waals surface area contributed by atoms with Crippen LogP contribution in [0.3, 0.4) is 0 Å². The van der Waals surface area contributed by atoms with Crippen LogP contribution >= 0.6 is 173 Å². The Morgan fingerprint density at radius 1 is 0.285 bits per heavy atom. The second kappa shape index (κ2) is 49.7. The molecule has 0 aliphatic carbocycles. The number of hydrogen-bond acceptors (Lipinski definition) is 40. The van der Waals surface area contributed by atoms with Gasteiger partial charge in [-0.25, -0.2) is 99.7 Å². The van der Waals surface area contributed by atoms with E-state index in [-0.39, 0.29) is 113 Å². The van der Waals surface area contributed by atoms with Crippen molar-refractivity contribution >= 4 is 266 Å². The molecule has 130 heavy (non-hydrogen) atoms. The van der Waals surface area contributed by atoms with E-state index in [9.17, 15) is 64.7 Å². The van der Waals surface area contributed by atoms with E-state index in [2.05, 4.69) is 171 Å². The number of rotatable bonds is 16. The first-order valence-corrected chi connectivity index (χ1v) is 39.7. The van der Waals surface area contributed by atoms with Crippen LogP contribution in [0.5, 0.6) is 0 Å². The van der Waals surface area contributed by atoms with Crippen LogP contribution in [0, 0.1) is 34.1 Å². The van der Waals surface area contributed by atoms with Crippen molar-refractivity contribution in [3.63, 3.8) is 0 Å². The zero-order chi connectivity index (χ0) is 94.1. The van der Waals surface area contributed by atoms with Gasteiger partial charge in [0, 0.05) is 5.38 Å². The first-order chi connectivity index (χ1) is 62.0. The first kappa shape index (κ1) is 100. The van der Waals surface area contributed by atoms with E-state index in [1.54, 1.807) is 0 Å². The van der Waals surface area contributed by atoms with Crippen LogP contribution in [0.1, 0.15) is 82.8 Å². The number of thiazole rings is 3. The summed E-state index contributed by atoms with van der Waals surface area (Å²) >= 11 is 67.7. The minimum absolute atomic E-state index is 0.0225. The van der Waals surface area contributed by atoms with E-state index in [4.69, 9.17) is 152 Å². The molecule has 8 amide bonds. The number of nitrogens with zero attached hydrogens (tertiary/aromatic N) is 24. The summed E-state index contributed by atoms with van der Waals surface area (Å²) in [5.74, 6) is -9.02. The molecule has 16 aromatic rings. The number of carbonyl (C=O) groups is 8. The Morgan fingerprint density at radius 3 is 0.892 bits per heavy atom. The van der Waals surface area contributed by atoms with Crippen LogP contribution in [0.25, 0.3) is 0 Å². The van der Waals surface area contributed by atoms with Crippen molar-refractivity contribution in [3.05, 3.63) is 277 Å². The minimum Gasteiger partial charge on any atom is -0.439 e. The van der Waals surface area contributed by atoms with Gasteiger partial charge in [0.1, 0.15) is 18.7 Å². The van der Waals surface area contributed by atoms with Crippen LogP contribution in [0.2, 0.25) is 63.0 Å². The maximum atomic E-state index is 12.7. The van der Waals surface area contributed by atoms with Crippen LogP contribution in [-0.2, 0) is 0 Å². The SMILES string of the molecule is O=C(Nc1cnc(Cl)nc1)c1nc(Cl)c(Cl)o1.O=C(Nc1cnc(Cl)nc1)c1nc(Cl)co1.O=C(Nc1cnc(Cl)nc1)c1nc(F)c(F)s1.O=C(Nc1cnc(Cl)nc1)c1nc(F)co1.O=C(Nc1cnc(Cl)nc1)c1nc(F)cs1.O=C(Nc1cnc(Cl)nc1)c1ncc(Cl)o1.O=C(Nc1cnc(Cl)nc1)c1ncc(F)o1.O=C(Nc1cnc(Cl)nc1)c1ncc(F)s1. The molecule has 0 radical (unpaired) electrons. The smallest absolute Gasteiger partial charge is 0.311 e. The molecule has 668 valence electrons. The van der Waals surface area contributed by atoms with Crippen LogP contribution in [0.15, 0.2) is 158 Å². The zero-order valence-corrected chi connectivity index (χ0v) is 73.3. The molecule has 0 bridgehead atoms. The van der Waals surface area contributed by atoms with Gasteiger partial charge in [-0.05, 0) is 116 Å². The summed E-state index contributed by atoms with van der Waals surface area (Å²) in [6.45, 7) is 0. The second-order valence-electron chi connectivity index (χ2n) is 21.6. The number of anilines is 8. The third-order valence-corrected chi connectivity index (χ3v) is 17.5. The van der Waals surface area contributed by atoms with Crippen molar-refractivity contribution in [2.45, 2.75) is 0 Å². The Hall–Kier alpha value is -13.6. The van der Waals surface area contributed by atoms with Gasteiger partial charge >= 0.3 is 29.5 Å². The monoisotopic (exact) mass is 2080 g/mol. The average molecular weight is 2090 g/mol. The summed E-state index contributed by atoms with van der Waals surface area (Å²) in [5, 5.41) is 19.0. The van der Waals surface area contributed by atoms with Crippen molar-refractivity contribution in [3.8, 4) is 0 Å². The Balaban J connectivity index is 0.000000167. The Bertz CT molecular complexity index is 5650. The molecule has 0 spiro atoms. The number of carbonyl (C=O) groups excluding carboxylic acids is 8. The number of halogens is 18. The van der Waals surface area contributed by atoms with Gasteiger partial charge in [0.25, 0.3) is 65.1 Å². The van der Waals surface area contributed by atoms with Crippen molar-refractivity contribution < 1.29 is 86.8 Å². The van der Waals surface area contributed by atoms with Gasteiger partial charge < -0.3 is 64.6 Å². The summed E-state index contributed by atoms with van der Waals surface area (Å²) in [6.07, 6.45) is 26.1. The summed E-state index contributed by atoms with van der Waals surface area (Å²) in [6, 6.07) is -0.933. The molecule has 0 atom stereocenters. The molecule has 0 aromatic carbocycles. The molecular weight excluding hydrogens is 2060 g/mol. The number of oxazole rings is 5. The molecule has 0 aliphatic heterocycles. The lowest BCUT2D eigenvalue weighted by atomic mass is 10.5. The number of hydrogen-bond donors (Lipinski definition) is 8. The maximum absolute atomic E-state index is 12.7. The molecule has 8 N–H and O–H groups in total. The molecular formula is C64H30Cl12F6N32O13S3. The van der Waals surface area contributed by atoms with Crippen LogP contribution in [-0.4, -0.2) is 167 Å². The summed E-state index contributed by atoms with van der Waals surface area (Å²) in [4.78, 5) is 178. The molecule has 0 saturated heterocycles. The summed E-state index contributed by atoms with van der Waals surface area (Å²) < 4.78 is 98.7. The van der Waals surface area contributed by atoms with E-state index in [0.717, 1.165) is 41.6 Å². The van der Waals surface area contributed by atoms with Gasteiger partial charge in [0.2, 0.25) is 63.8 Å². The molecule has 45 nitrogen and oxygen atoms in total. The van der Waals surface area contributed by atoms with Gasteiger partial charge in [-0.15, -0.1) is 11.3 Å². The highest BCUT2D eigenvalue weighted by atomic mass is 35.5. The lowest BCUT2D eigenvalue weighted by Gasteiger charge is -2.00. The van der Waals surface area contributed by atoms with Crippen LogP contribution in [0.4, 0.5) is 71.8 Å². The summed E-state index contributed by atoms with van der Waals surface area (Å²) in [7, 11) is 0. The van der Waals surface area contributed by atoms with Gasteiger partial charge in [-0.2, -0.15) is 46.3 Å². The first-order valence-electron chi connectivity index (χ1n) is 32.6. The fourth-order valence-corrected chi connectivity index (χ4v) is 10.3. The molecule has 0 saturated carbocycles. The lowest BCUT2D eigenvalue weighted by Crippen LogP contribution is -2.12. The summed E-state index contributed by atoms with van der Waals surface area (Å²) in [5.41, 5.74) is 2.67. The highest BCUT2D eigenvalue weighted by Gasteiger charge is 2.22. The molecule has 16 aromatic heterocycles. The quantitative estimate of drug-likeness (QED) is 0.0329. The van der Waals surface area contributed by atoms with Crippen molar-refractivity contribution in [2.75, 3.05) is 42.5 Å². The zero-order valence-electron chi connectivity index (χ0n) is 61.8. The van der Waals surface area contributed by atoms with Gasteiger partial charge in [-0.3, -0.25) is 38.4 Å². The van der Waals surface area contributed by atoms with Gasteiger partial charge in [-0.1, -0.05) is 45.9 Å². The molecule has 0 fully saturated rings. The highest BCUT2D eigenvalue weighted by molar-refractivity contribution is 7.12. The molecule has 0 aliphatic rings. The predicted molar refractivity (Wildman–Crippen MR) is 449 cm³/mol. The standard InChI is InChI=1S/C8H3Cl3N4O2.2C8H4Cl2N4O2.C8H3ClF2N4OS.2C8H4ClFN4O2.2C8H4ClFN4OS/c9-4-5(10)17-7(15-4)6(16)14-3-1-12-8(11)13-2-3;9-5-3-11-7(16-5)6(15)14-4-1-12-8(10)13-2-4;9-5-3-16-7(14-5)6(15)13-4-1-11-8(10)12-2-4;9-8-12-1-3(2-13-8)14-6(16)7-15-4(10)5(11)17-7;9-8-12-1-4(2-13-8)14-6(15)7-11-3-5(10)16-7;9-8-11-1-4(2-12-8)13-6(15)7-14-5(10)3-16-7;9-8-12-1-4(2-13-8)14-6(15)7-11-3-5(10)16-7;9-8-11-1-4(2-12-8)13-6(15)7-14-5(10)3-16-7/h1-2H,(H,14,16);1-3H,(H,14,15);1-3H,(H,13,15);1-2H,(H,14,16);1-3H,(H,14,15);1-3H,(H,13,15);1-3H,(H,14,15);1-3H,(H,13,15). The van der Waals surface area contributed by atoms with E-state index < -0.39 is 81.4 Å². The topological polar surface area (TPSA) is 608 Å². The lowest BCUT2D eigenvalue weighted by molar-refractivity contribution is 0.0976. The van der Waals surface area contributed by atoms with Gasteiger partial charge in [0.15, 0.2) is 30.5 Å². The fourth-order valence-electron chi connectivity index (χ4n) is 7.40. The van der Waals surface area contributed by atoms with E-state index in [1.807, 2.05) is 0 Å². The average Bonchev–Trinajstić information content (AvgIpc) is 1.76. The Labute approximate surface area is 786 Å². The third-order valence-electron chi connectivity index (χ3n) is 12.5. The number of amides is 8. The minimum atomic E-state index is -1.30. The Kier molecular flexibility index (Phi) is 38.3. The Morgan fingerprint density at radius 2 is 0.615 bits per heavy atom. The molecule has 0 unspecified atom stereocenters. The number of aromatic nitrogens is 24. The van der Waals surface area contributed by atoms with Crippen molar-refractivity contribution in [2.24, 2.45) is 0 Å². The highest BCUT2D eigenvalue weighted by Crippen LogP contribution is 2.25. The van der Waals surface area contributed by atoms with Crippen molar-refractivity contribution in [1.82, 2.24) is 120 Å². The molecule has 16 heterocycles. The van der Waals surface area contributed by atoms with Crippen LogP contribution < -0.4 is 42.5 Å². The van der Waals surface area contributed by atoms with Crippen molar-refractivity contribution in [1.29, 1.82) is 0 Å².